The molecule has 0 unspecified atom stereocenters. The van der Waals surface area contributed by atoms with Gasteiger partial charge in [0.15, 0.2) is 0 Å². The molecule has 1 aliphatic rings. The summed E-state index contributed by atoms with van der Waals surface area (Å²) in [6.45, 7) is 9.72. The average Bonchev–Trinajstić information content (AvgIpc) is 2.94. The van der Waals surface area contributed by atoms with Crippen molar-refractivity contribution < 1.29 is 0 Å². The van der Waals surface area contributed by atoms with Gasteiger partial charge >= 0.3 is 0 Å². The van der Waals surface area contributed by atoms with Gasteiger partial charge in [0.25, 0.3) is 0 Å². The minimum Gasteiger partial charge on any atom is -0.355 e. The zero-order valence-corrected chi connectivity index (χ0v) is 12.5. The molecule has 19 heavy (non-hydrogen) atoms. The zero-order valence-electron chi connectivity index (χ0n) is 11.7. The number of fused-ring (bicyclic) bond motifs is 1. The lowest BCUT2D eigenvalue weighted by molar-refractivity contribution is 0.418. The molecule has 2 aromatic rings. The Morgan fingerprint density at radius 1 is 1.42 bits per heavy atom. The second kappa shape index (κ2) is 4.63. The van der Waals surface area contributed by atoms with E-state index in [0.717, 1.165) is 36.2 Å². The highest BCUT2D eigenvalue weighted by Gasteiger charge is 2.31. The van der Waals surface area contributed by atoms with E-state index in [1.807, 2.05) is 0 Å². The van der Waals surface area contributed by atoms with Crippen LogP contribution < -0.4 is 10.2 Å². The average molecular weight is 276 g/mol. The second-order valence-corrected chi connectivity index (χ2v) is 6.77. The molecule has 1 aliphatic heterocycles. The third-order valence-corrected chi connectivity index (χ3v) is 4.42. The summed E-state index contributed by atoms with van der Waals surface area (Å²) in [6, 6.07) is 2.14. The van der Waals surface area contributed by atoms with Crippen molar-refractivity contribution >= 4 is 33.3 Å². The van der Waals surface area contributed by atoms with E-state index < -0.39 is 0 Å². The van der Waals surface area contributed by atoms with Gasteiger partial charge in [0.05, 0.1) is 5.39 Å². The van der Waals surface area contributed by atoms with Crippen LogP contribution in [0.1, 0.15) is 27.2 Å². The van der Waals surface area contributed by atoms with Gasteiger partial charge in [-0.1, -0.05) is 13.8 Å². The highest BCUT2D eigenvalue weighted by Crippen LogP contribution is 2.36. The maximum Gasteiger partial charge on any atom is 0.226 e. The SMILES string of the molecule is CCNc1nc(N2CCC(C)(C)C2)c2ccsc2n1. The molecule has 3 heterocycles. The molecule has 0 spiro atoms. The van der Waals surface area contributed by atoms with Gasteiger partial charge in [0.2, 0.25) is 5.95 Å². The molecule has 0 aromatic carbocycles. The normalized spacial score (nSPS) is 18.2. The van der Waals surface area contributed by atoms with Crippen LogP contribution in [-0.4, -0.2) is 29.6 Å². The van der Waals surface area contributed by atoms with E-state index in [1.165, 1.54) is 11.8 Å². The molecule has 0 radical (unpaired) electrons. The first-order valence-corrected chi connectivity index (χ1v) is 7.71. The number of nitrogens with one attached hydrogen (secondary N) is 1. The molecular weight excluding hydrogens is 256 g/mol. The van der Waals surface area contributed by atoms with Gasteiger partial charge in [-0.3, -0.25) is 0 Å². The van der Waals surface area contributed by atoms with Crippen LogP contribution in [0.2, 0.25) is 0 Å². The Bertz CT molecular complexity index is 590. The monoisotopic (exact) mass is 276 g/mol. The number of rotatable bonds is 3. The zero-order chi connectivity index (χ0) is 13.5. The van der Waals surface area contributed by atoms with Gasteiger partial charge in [0, 0.05) is 19.6 Å². The Morgan fingerprint density at radius 3 is 2.95 bits per heavy atom. The first-order valence-electron chi connectivity index (χ1n) is 6.83. The predicted molar refractivity (Wildman–Crippen MR) is 82.2 cm³/mol. The minimum atomic E-state index is 0.381. The van der Waals surface area contributed by atoms with Crippen molar-refractivity contribution in [1.29, 1.82) is 0 Å². The predicted octanol–water partition coefficient (Wildman–Crippen LogP) is 3.36. The third-order valence-electron chi connectivity index (χ3n) is 3.62. The van der Waals surface area contributed by atoms with Crippen molar-refractivity contribution in [2.75, 3.05) is 29.9 Å². The first kappa shape index (κ1) is 12.7. The highest BCUT2D eigenvalue weighted by atomic mass is 32.1. The topological polar surface area (TPSA) is 41.1 Å². The van der Waals surface area contributed by atoms with Crippen molar-refractivity contribution in [2.45, 2.75) is 27.2 Å². The van der Waals surface area contributed by atoms with Gasteiger partial charge in [-0.2, -0.15) is 4.98 Å². The summed E-state index contributed by atoms with van der Waals surface area (Å²) in [5.74, 6) is 1.84. The number of aromatic nitrogens is 2. The molecule has 0 amide bonds. The third kappa shape index (κ3) is 2.39. The van der Waals surface area contributed by atoms with Gasteiger partial charge in [-0.05, 0) is 30.2 Å². The number of anilines is 2. The number of nitrogens with zero attached hydrogens (tertiary/aromatic N) is 3. The maximum atomic E-state index is 4.72. The molecule has 5 heteroatoms. The van der Waals surface area contributed by atoms with Crippen LogP contribution in [0.4, 0.5) is 11.8 Å². The Morgan fingerprint density at radius 2 is 2.26 bits per heavy atom. The lowest BCUT2D eigenvalue weighted by Crippen LogP contribution is -2.24. The van der Waals surface area contributed by atoms with Crippen molar-refractivity contribution in [3.63, 3.8) is 0 Å². The first-order chi connectivity index (χ1) is 9.09. The molecule has 0 saturated carbocycles. The lowest BCUT2D eigenvalue weighted by Gasteiger charge is -2.21. The van der Waals surface area contributed by atoms with Gasteiger partial charge in [-0.25, -0.2) is 4.98 Å². The van der Waals surface area contributed by atoms with Crippen LogP contribution in [0.3, 0.4) is 0 Å². The fraction of sp³-hybridized carbons (Fsp3) is 0.571. The quantitative estimate of drug-likeness (QED) is 0.933. The molecule has 102 valence electrons. The van der Waals surface area contributed by atoms with Crippen LogP contribution in [-0.2, 0) is 0 Å². The standard InChI is InChI=1S/C14H20N4S/c1-4-15-13-16-11(10-5-8-19-12(10)17-13)18-7-6-14(2,3)9-18/h5,8H,4,6-7,9H2,1-3H3,(H,15,16,17). The van der Waals surface area contributed by atoms with Gasteiger partial charge in [-0.15, -0.1) is 11.3 Å². The highest BCUT2D eigenvalue weighted by molar-refractivity contribution is 7.16. The second-order valence-electron chi connectivity index (χ2n) is 5.88. The Kier molecular flexibility index (Phi) is 3.09. The van der Waals surface area contributed by atoms with E-state index in [0.29, 0.717) is 5.41 Å². The van der Waals surface area contributed by atoms with Crippen molar-refractivity contribution in [3.05, 3.63) is 11.4 Å². The van der Waals surface area contributed by atoms with E-state index in [2.05, 4.69) is 47.4 Å². The molecule has 1 N–H and O–H groups in total. The fourth-order valence-corrected chi connectivity index (χ4v) is 3.37. The summed E-state index contributed by atoms with van der Waals surface area (Å²) in [5, 5.41) is 6.51. The molecule has 1 fully saturated rings. The van der Waals surface area contributed by atoms with E-state index in [1.54, 1.807) is 11.3 Å². The van der Waals surface area contributed by atoms with E-state index in [9.17, 15) is 0 Å². The van der Waals surface area contributed by atoms with Crippen molar-refractivity contribution in [2.24, 2.45) is 5.41 Å². The molecule has 4 nitrogen and oxygen atoms in total. The largest absolute Gasteiger partial charge is 0.355 e. The summed E-state index contributed by atoms with van der Waals surface area (Å²) in [7, 11) is 0. The van der Waals surface area contributed by atoms with Crippen LogP contribution >= 0.6 is 11.3 Å². The van der Waals surface area contributed by atoms with Crippen LogP contribution in [0.5, 0.6) is 0 Å². The molecule has 1 saturated heterocycles. The van der Waals surface area contributed by atoms with Crippen LogP contribution in [0, 0.1) is 5.41 Å². The molecule has 0 bridgehead atoms. The smallest absolute Gasteiger partial charge is 0.226 e. The molecule has 3 rings (SSSR count). The minimum absolute atomic E-state index is 0.381. The van der Waals surface area contributed by atoms with Crippen molar-refractivity contribution in [1.82, 2.24) is 9.97 Å². The van der Waals surface area contributed by atoms with Gasteiger partial charge in [0.1, 0.15) is 10.6 Å². The van der Waals surface area contributed by atoms with Crippen LogP contribution in [0.25, 0.3) is 10.2 Å². The number of hydrogen-bond donors (Lipinski definition) is 1. The molecule has 2 aromatic heterocycles. The number of hydrogen-bond acceptors (Lipinski definition) is 5. The Balaban J connectivity index is 2.03. The lowest BCUT2D eigenvalue weighted by atomic mass is 9.93. The molecule has 0 atom stereocenters. The summed E-state index contributed by atoms with van der Waals surface area (Å²) in [4.78, 5) is 12.8. The maximum absolute atomic E-state index is 4.72. The van der Waals surface area contributed by atoms with Crippen LogP contribution in [0.15, 0.2) is 11.4 Å². The van der Waals surface area contributed by atoms with E-state index >= 15 is 0 Å². The van der Waals surface area contributed by atoms with Gasteiger partial charge < -0.3 is 10.2 Å². The number of thiophene rings is 1. The fourth-order valence-electron chi connectivity index (χ4n) is 2.61. The Labute approximate surface area is 117 Å². The van der Waals surface area contributed by atoms with E-state index in [-0.39, 0.29) is 0 Å². The Hall–Kier alpha value is -1.36. The summed E-state index contributed by atoms with van der Waals surface area (Å²) >= 11 is 1.68. The van der Waals surface area contributed by atoms with Crippen molar-refractivity contribution in [3.8, 4) is 0 Å². The summed E-state index contributed by atoms with van der Waals surface area (Å²) in [5.41, 5.74) is 0.381. The molecular formula is C14H20N4S. The van der Waals surface area contributed by atoms with E-state index in [4.69, 9.17) is 4.98 Å². The summed E-state index contributed by atoms with van der Waals surface area (Å²) in [6.07, 6.45) is 1.22. The summed E-state index contributed by atoms with van der Waals surface area (Å²) < 4.78 is 0. The molecule has 0 aliphatic carbocycles.